The summed E-state index contributed by atoms with van der Waals surface area (Å²) in [5, 5.41) is 11.6. The average Bonchev–Trinajstić information content (AvgIpc) is 3.22. The average molecular weight is 852 g/mol. The van der Waals surface area contributed by atoms with Crippen molar-refractivity contribution in [1.82, 2.24) is 0 Å². The molecule has 8 heteroatoms. The summed E-state index contributed by atoms with van der Waals surface area (Å²) in [7, 11) is 5.39. The minimum Gasteiger partial charge on any atom is -0.544 e. The van der Waals surface area contributed by atoms with E-state index in [1.54, 1.807) is 21.1 Å². The third-order valence-electron chi connectivity index (χ3n) is 10.3. The van der Waals surface area contributed by atoms with Crippen LogP contribution < -0.4 is 5.11 Å². The third-order valence-corrected chi connectivity index (χ3v) is 10.3. The molecule has 0 heterocycles. The molecule has 0 aromatic carbocycles. The van der Waals surface area contributed by atoms with Crippen molar-refractivity contribution in [2.75, 3.05) is 41.0 Å². The van der Waals surface area contributed by atoms with E-state index in [0.29, 0.717) is 12.8 Å². The molecule has 0 bridgehead atoms. The number of carbonyl (C=O) groups is 3. The molecule has 0 saturated carbocycles. The molecule has 0 amide bonds. The fourth-order valence-electron chi connectivity index (χ4n) is 6.54. The Morgan fingerprint density at radius 1 is 0.508 bits per heavy atom. The Morgan fingerprint density at radius 3 is 1.39 bits per heavy atom. The standard InChI is InChI=1S/C53H89NO7/c1-6-8-10-12-14-16-18-20-22-23-24-25-26-27-28-30-32-34-36-38-40-42-44-52(56)61-49(47-59-46-45-50(53(57)58)54(3,4)5)48-60-51(55)43-41-39-37-35-33-31-29-21-19-17-15-13-11-9-7-2/h8,10,14,16-17,19-20,22,24-25,27-28,32,34,49-50H,6-7,9,11-13,15,18,21,23,26,29-31,33,35-48H2,1-5H3/b10-8+,16-14+,19-17+,22-20+,25-24+,28-27+,34-32+. The Bertz CT molecular complexity index is 1270. The molecule has 0 saturated heterocycles. The van der Waals surface area contributed by atoms with Crippen LogP contribution in [-0.4, -0.2) is 75.5 Å². The van der Waals surface area contributed by atoms with Gasteiger partial charge in [0.05, 0.1) is 40.3 Å². The molecule has 2 unspecified atom stereocenters. The Labute approximate surface area is 373 Å². The van der Waals surface area contributed by atoms with E-state index in [1.807, 2.05) is 0 Å². The molecule has 0 aromatic rings. The first-order valence-corrected chi connectivity index (χ1v) is 24.1. The molecule has 0 radical (unpaired) electrons. The van der Waals surface area contributed by atoms with Crippen molar-refractivity contribution in [3.63, 3.8) is 0 Å². The predicted octanol–water partition coefficient (Wildman–Crippen LogP) is 12.4. The van der Waals surface area contributed by atoms with Gasteiger partial charge in [-0.15, -0.1) is 0 Å². The highest BCUT2D eigenvalue weighted by atomic mass is 16.6. The molecule has 348 valence electrons. The number of allylic oxidation sites excluding steroid dienone is 14. The topological polar surface area (TPSA) is 102 Å². The molecule has 8 nitrogen and oxygen atoms in total. The fourth-order valence-corrected chi connectivity index (χ4v) is 6.54. The molecular formula is C53H89NO7. The van der Waals surface area contributed by atoms with Crippen molar-refractivity contribution in [1.29, 1.82) is 0 Å². The molecule has 2 atom stereocenters. The Morgan fingerprint density at radius 2 is 0.918 bits per heavy atom. The van der Waals surface area contributed by atoms with Crippen molar-refractivity contribution in [2.45, 2.75) is 193 Å². The van der Waals surface area contributed by atoms with E-state index < -0.39 is 18.1 Å². The molecule has 0 N–H and O–H groups in total. The zero-order chi connectivity index (χ0) is 44.9. The number of ether oxygens (including phenoxy) is 3. The number of carbonyl (C=O) groups excluding carboxylic acids is 3. The van der Waals surface area contributed by atoms with Crippen molar-refractivity contribution in [3.05, 3.63) is 85.1 Å². The number of aliphatic carboxylic acids is 1. The van der Waals surface area contributed by atoms with Gasteiger partial charge in [0.1, 0.15) is 12.6 Å². The smallest absolute Gasteiger partial charge is 0.306 e. The van der Waals surface area contributed by atoms with Crippen molar-refractivity contribution in [3.8, 4) is 0 Å². The maximum Gasteiger partial charge on any atom is 0.306 e. The number of nitrogens with zero attached hydrogens (tertiary/aromatic N) is 1. The second-order valence-corrected chi connectivity index (χ2v) is 17.0. The Balaban J connectivity index is 4.39. The summed E-state index contributed by atoms with van der Waals surface area (Å²) < 4.78 is 17.2. The first-order chi connectivity index (χ1) is 29.6. The van der Waals surface area contributed by atoms with Crippen LogP contribution in [0.25, 0.3) is 0 Å². The quantitative estimate of drug-likeness (QED) is 0.0261. The minimum absolute atomic E-state index is 0.0212. The highest BCUT2D eigenvalue weighted by Gasteiger charge is 2.25. The van der Waals surface area contributed by atoms with E-state index in [0.717, 1.165) is 77.0 Å². The predicted molar refractivity (Wildman–Crippen MR) is 254 cm³/mol. The number of hydrogen-bond acceptors (Lipinski definition) is 7. The summed E-state index contributed by atoms with van der Waals surface area (Å²) in [5.41, 5.74) is 0. The molecule has 0 fully saturated rings. The van der Waals surface area contributed by atoms with Crippen LogP contribution in [0.5, 0.6) is 0 Å². The van der Waals surface area contributed by atoms with Crippen LogP contribution in [-0.2, 0) is 28.6 Å². The third kappa shape index (κ3) is 41.6. The summed E-state index contributed by atoms with van der Waals surface area (Å²) in [4.78, 5) is 36.9. The van der Waals surface area contributed by atoms with Crippen molar-refractivity contribution >= 4 is 17.9 Å². The van der Waals surface area contributed by atoms with Gasteiger partial charge < -0.3 is 28.6 Å². The molecule has 0 aliphatic rings. The van der Waals surface area contributed by atoms with E-state index in [1.165, 1.54) is 64.2 Å². The van der Waals surface area contributed by atoms with Gasteiger partial charge in [-0.1, -0.05) is 157 Å². The van der Waals surface area contributed by atoms with Gasteiger partial charge in [0.25, 0.3) is 0 Å². The Kier molecular flexibility index (Phi) is 40.7. The van der Waals surface area contributed by atoms with E-state index in [9.17, 15) is 19.5 Å². The molecule has 61 heavy (non-hydrogen) atoms. The lowest BCUT2D eigenvalue weighted by atomic mass is 10.1. The lowest BCUT2D eigenvalue weighted by Gasteiger charge is -2.34. The normalized spacial score (nSPS) is 13.7. The molecule has 0 aliphatic carbocycles. The van der Waals surface area contributed by atoms with Gasteiger partial charge in [0.2, 0.25) is 0 Å². The number of quaternary nitrogens is 1. The highest BCUT2D eigenvalue weighted by Crippen LogP contribution is 2.13. The zero-order valence-electron chi connectivity index (χ0n) is 39.5. The molecule has 0 spiro atoms. The van der Waals surface area contributed by atoms with Crippen LogP contribution in [0.15, 0.2) is 85.1 Å². The van der Waals surface area contributed by atoms with Crippen LogP contribution >= 0.6 is 0 Å². The van der Waals surface area contributed by atoms with Gasteiger partial charge in [-0.3, -0.25) is 9.59 Å². The summed E-state index contributed by atoms with van der Waals surface area (Å²) in [6.07, 6.45) is 56.1. The summed E-state index contributed by atoms with van der Waals surface area (Å²) in [6.45, 7) is 4.49. The minimum atomic E-state index is -1.13. The molecular weight excluding hydrogens is 763 g/mol. The summed E-state index contributed by atoms with van der Waals surface area (Å²) >= 11 is 0. The number of carboxylic acid groups (broad SMARTS) is 1. The van der Waals surface area contributed by atoms with Gasteiger partial charge in [-0.25, -0.2) is 0 Å². The fraction of sp³-hybridized carbons (Fsp3) is 0.679. The van der Waals surface area contributed by atoms with Crippen LogP contribution in [0.3, 0.4) is 0 Å². The van der Waals surface area contributed by atoms with Crippen molar-refractivity contribution in [2.24, 2.45) is 0 Å². The maximum atomic E-state index is 12.8. The zero-order valence-corrected chi connectivity index (χ0v) is 39.5. The lowest BCUT2D eigenvalue weighted by Crippen LogP contribution is -2.55. The number of unbranched alkanes of at least 4 members (excludes halogenated alkanes) is 14. The first-order valence-electron chi connectivity index (χ1n) is 24.1. The summed E-state index contributed by atoms with van der Waals surface area (Å²) in [6, 6.07) is -0.737. The lowest BCUT2D eigenvalue weighted by molar-refractivity contribution is -0.889. The Hall–Kier alpha value is -3.49. The van der Waals surface area contributed by atoms with E-state index in [-0.39, 0.29) is 49.1 Å². The number of hydrogen-bond donors (Lipinski definition) is 0. The summed E-state index contributed by atoms with van der Waals surface area (Å²) in [5.74, 6) is -1.79. The number of carboxylic acids is 1. The van der Waals surface area contributed by atoms with E-state index in [2.05, 4.69) is 98.9 Å². The van der Waals surface area contributed by atoms with Gasteiger partial charge in [0.15, 0.2) is 6.10 Å². The second kappa shape index (κ2) is 43.2. The highest BCUT2D eigenvalue weighted by molar-refractivity contribution is 5.70. The van der Waals surface area contributed by atoms with Crippen LogP contribution in [0.1, 0.15) is 181 Å². The first kappa shape index (κ1) is 57.5. The number of likely N-dealkylation sites (N-methyl/N-ethyl adjacent to an activating group) is 1. The molecule has 0 rings (SSSR count). The van der Waals surface area contributed by atoms with Crippen LogP contribution in [0.4, 0.5) is 0 Å². The van der Waals surface area contributed by atoms with Gasteiger partial charge >= 0.3 is 11.9 Å². The van der Waals surface area contributed by atoms with E-state index >= 15 is 0 Å². The monoisotopic (exact) mass is 852 g/mol. The molecule has 0 aromatic heterocycles. The largest absolute Gasteiger partial charge is 0.544 e. The number of esters is 2. The number of rotatable bonds is 42. The molecule has 0 aliphatic heterocycles. The van der Waals surface area contributed by atoms with Crippen LogP contribution in [0, 0.1) is 0 Å². The van der Waals surface area contributed by atoms with Crippen LogP contribution in [0.2, 0.25) is 0 Å². The maximum absolute atomic E-state index is 12.8. The second-order valence-electron chi connectivity index (χ2n) is 17.0. The van der Waals surface area contributed by atoms with Crippen molar-refractivity contribution < 1.29 is 38.2 Å². The van der Waals surface area contributed by atoms with Gasteiger partial charge in [-0.05, 0) is 89.9 Å². The van der Waals surface area contributed by atoms with Gasteiger partial charge in [0, 0.05) is 19.3 Å². The SMILES string of the molecule is CC/C=C/C/C=C/C/C=C/C/C=C/C/C=C/C/C=C/CCCCCC(=O)OC(COCCC(C(=O)[O-])[N+](C)(C)C)COC(=O)CCCCCCCCC/C=C/CCCCCC. The van der Waals surface area contributed by atoms with Gasteiger partial charge in [-0.2, -0.15) is 0 Å². The van der Waals surface area contributed by atoms with E-state index in [4.69, 9.17) is 14.2 Å².